The number of methoxy groups -OCH3 is 1. The van der Waals surface area contributed by atoms with Crippen LogP contribution in [0.25, 0.3) is 0 Å². The Bertz CT molecular complexity index is 567. The Hall–Kier alpha value is -1.17. The van der Waals surface area contributed by atoms with Gasteiger partial charge in [0.15, 0.2) is 0 Å². The van der Waals surface area contributed by atoms with Crippen molar-refractivity contribution in [2.75, 3.05) is 7.11 Å². The molecule has 0 saturated heterocycles. The molecule has 2 aromatic heterocycles. The maximum Gasteiger partial charge on any atom is 0.310 e. The third-order valence-corrected chi connectivity index (χ3v) is 5.32. The van der Waals surface area contributed by atoms with Crippen LogP contribution in [0, 0.1) is 13.8 Å². The van der Waals surface area contributed by atoms with Gasteiger partial charge in [-0.15, -0.1) is 22.7 Å². The minimum Gasteiger partial charge on any atom is -0.469 e. The van der Waals surface area contributed by atoms with Gasteiger partial charge in [-0.1, -0.05) is 0 Å². The van der Waals surface area contributed by atoms with E-state index in [1.165, 1.54) is 27.3 Å². The number of esters is 1. The smallest absolute Gasteiger partial charge is 0.310 e. The molecule has 0 atom stereocenters. The number of carbonyl (C=O) groups excluding carboxylic acids is 1. The maximum atomic E-state index is 11.2. The maximum absolute atomic E-state index is 11.2. The number of hydrogen-bond donors (Lipinski definition) is 1. The third-order valence-electron chi connectivity index (χ3n) is 3.08. The van der Waals surface area contributed by atoms with Crippen molar-refractivity contribution < 1.29 is 9.53 Å². The lowest BCUT2D eigenvalue weighted by molar-refractivity contribution is -0.139. The van der Waals surface area contributed by atoms with Crippen molar-refractivity contribution in [3.8, 4) is 0 Å². The van der Waals surface area contributed by atoms with Crippen molar-refractivity contribution in [1.29, 1.82) is 0 Å². The van der Waals surface area contributed by atoms with Crippen molar-refractivity contribution in [3.63, 3.8) is 0 Å². The number of carbonyl (C=O) groups is 1. The molecule has 20 heavy (non-hydrogen) atoms. The van der Waals surface area contributed by atoms with E-state index in [0.29, 0.717) is 6.42 Å². The highest BCUT2D eigenvalue weighted by Crippen LogP contribution is 2.21. The van der Waals surface area contributed by atoms with Crippen LogP contribution in [-0.4, -0.2) is 13.1 Å². The molecule has 0 fully saturated rings. The Balaban J connectivity index is 1.81. The van der Waals surface area contributed by atoms with Gasteiger partial charge in [-0.05, 0) is 37.6 Å². The number of ether oxygens (including phenoxy) is 1. The highest BCUT2D eigenvalue weighted by atomic mass is 32.1. The molecular weight excluding hydrogens is 290 g/mol. The van der Waals surface area contributed by atoms with E-state index in [9.17, 15) is 4.79 Å². The minimum absolute atomic E-state index is 0.184. The zero-order chi connectivity index (χ0) is 14.5. The van der Waals surface area contributed by atoms with Crippen molar-refractivity contribution in [2.24, 2.45) is 0 Å². The Morgan fingerprint density at radius 3 is 2.50 bits per heavy atom. The molecule has 0 aliphatic rings. The van der Waals surface area contributed by atoms with Crippen LogP contribution in [0.1, 0.15) is 25.1 Å². The molecule has 0 aliphatic heterocycles. The van der Waals surface area contributed by atoms with E-state index >= 15 is 0 Å². The molecule has 2 rings (SSSR count). The fourth-order valence-electron chi connectivity index (χ4n) is 1.87. The predicted octanol–water partition coefficient (Wildman–Crippen LogP) is 3.43. The molecule has 0 bridgehead atoms. The van der Waals surface area contributed by atoms with Gasteiger partial charge in [0.05, 0.1) is 13.5 Å². The molecule has 0 unspecified atom stereocenters. The number of aryl methyl sites for hydroxylation is 2. The second-order valence-electron chi connectivity index (χ2n) is 4.68. The number of thiophene rings is 2. The van der Waals surface area contributed by atoms with Gasteiger partial charge >= 0.3 is 5.97 Å². The number of hydrogen-bond acceptors (Lipinski definition) is 5. The lowest BCUT2D eigenvalue weighted by Gasteiger charge is -2.00. The van der Waals surface area contributed by atoms with Gasteiger partial charge in [-0.3, -0.25) is 4.79 Å². The van der Waals surface area contributed by atoms with Crippen LogP contribution in [0.2, 0.25) is 0 Å². The summed E-state index contributed by atoms with van der Waals surface area (Å²) < 4.78 is 4.67. The summed E-state index contributed by atoms with van der Waals surface area (Å²) in [5.41, 5.74) is 1.36. The quantitative estimate of drug-likeness (QED) is 0.831. The van der Waals surface area contributed by atoms with Gasteiger partial charge in [0, 0.05) is 32.6 Å². The SMILES string of the molecule is COC(=O)Cc1ccc(CNCc2cc(C)c(C)s2)s1. The summed E-state index contributed by atoms with van der Waals surface area (Å²) in [6.07, 6.45) is 0.366. The Morgan fingerprint density at radius 1 is 1.15 bits per heavy atom. The number of nitrogens with one attached hydrogen (secondary N) is 1. The van der Waals surface area contributed by atoms with E-state index in [1.807, 2.05) is 17.4 Å². The van der Waals surface area contributed by atoms with E-state index in [1.54, 1.807) is 11.3 Å². The second kappa shape index (κ2) is 7.02. The van der Waals surface area contributed by atoms with Gasteiger partial charge in [0.2, 0.25) is 0 Å². The zero-order valence-corrected chi connectivity index (χ0v) is 13.6. The second-order valence-corrected chi connectivity index (χ2v) is 7.27. The molecule has 0 aromatic carbocycles. The van der Waals surface area contributed by atoms with Crippen molar-refractivity contribution in [3.05, 3.63) is 43.3 Å². The highest BCUT2D eigenvalue weighted by Gasteiger charge is 2.06. The molecule has 0 radical (unpaired) electrons. The van der Waals surface area contributed by atoms with Crippen LogP contribution in [0.15, 0.2) is 18.2 Å². The molecule has 0 aliphatic carbocycles. The van der Waals surface area contributed by atoms with Crippen molar-refractivity contribution in [2.45, 2.75) is 33.4 Å². The lowest BCUT2D eigenvalue weighted by Crippen LogP contribution is -2.10. The van der Waals surface area contributed by atoms with Crippen LogP contribution in [0.4, 0.5) is 0 Å². The summed E-state index contributed by atoms with van der Waals surface area (Å²) in [5, 5.41) is 3.44. The topological polar surface area (TPSA) is 38.3 Å². The Labute approximate surface area is 127 Å². The van der Waals surface area contributed by atoms with Crippen molar-refractivity contribution in [1.82, 2.24) is 5.32 Å². The van der Waals surface area contributed by atoms with Gasteiger partial charge < -0.3 is 10.1 Å². The largest absolute Gasteiger partial charge is 0.469 e. The molecule has 1 N–H and O–H groups in total. The lowest BCUT2D eigenvalue weighted by atomic mass is 10.3. The van der Waals surface area contributed by atoms with Gasteiger partial charge in [0.25, 0.3) is 0 Å². The molecule has 108 valence electrons. The first kappa shape index (κ1) is 15.2. The fourth-order valence-corrected chi connectivity index (χ4v) is 3.87. The summed E-state index contributed by atoms with van der Waals surface area (Å²) in [4.78, 5) is 16.2. The van der Waals surface area contributed by atoms with Crippen LogP contribution in [0.3, 0.4) is 0 Å². The van der Waals surface area contributed by atoms with E-state index in [4.69, 9.17) is 0 Å². The summed E-state index contributed by atoms with van der Waals surface area (Å²) in [6, 6.07) is 6.31. The van der Waals surface area contributed by atoms with Gasteiger partial charge in [-0.2, -0.15) is 0 Å². The first-order valence-corrected chi connectivity index (χ1v) is 8.13. The first-order chi connectivity index (χ1) is 9.58. The fraction of sp³-hybridized carbons (Fsp3) is 0.400. The summed E-state index contributed by atoms with van der Waals surface area (Å²) >= 11 is 3.51. The van der Waals surface area contributed by atoms with Crippen LogP contribution >= 0.6 is 22.7 Å². The monoisotopic (exact) mass is 309 g/mol. The van der Waals surface area contributed by atoms with E-state index in [2.05, 4.69) is 36.0 Å². The van der Waals surface area contributed by atoms with E-state index < -0.39 is 0 Å². The standard InChI is InChI=1S/C15H19NO2S2/c1-10-6-14(19-11(10)2)9-16-8-13-5-4-12(20-13)7-15(17)18-3/h4-6,16H,7-9H2,1-3H3. The molecular formula is C15H19NO2S2. The summed E-state index contributed by atoms with van der Waals surface area (Å²) in [7, 11) is 1.42. The summed E-state index contributed by atoms with van der Waals surface area (Å²) in [6.45, 7) is 6.03. The Kier molecular flexibility index (Phi) is 5.34. The normalized spacial score (nSPS) is 10.8. The molecule has 0 saturated carbocycles. The van der Waals surface area contributed by atoms with Crippen LogP contribution in [-0.2, 0) is 29.0 Å². The third kappa shape index (κ3) is 4.16. The van der Waals surface area contributed by atoms with E-state index in [0.717, 1.165) is 18.0 Å². The van der Waals surface area contributed by atoms with E-state index in [-0.39, 0.29) is 5.97 Å². The zero-order valence-electron chi connectivity index (χ0n) is 12.0. The first-order valence-electron chi connectivity index (χ1n) is 6.49. The van der Waals surface area contributed by atoms with Crippen LogP contribution < -0.4 is 5.32 Å². The molecule has 0 amide bonds. The molecule has 3 nitrogen and oxygen atoms in total. The Morgan fingerprint density at radius 2 is 1.85 bits per heavy atom. The van der Waals surface area contributed by atoms with Gasteiger partial charge in [0.1, 0.15) is 0 Å². The minimum atomic E-state index is -0.184. The average molecular weight is 309 g/mol. The van der Waals surface area contributed by atoms with Crippen LogP contribution in [0.5, 0.6) is 0 Å². The highest BCUT2D eigenvalue weighted by molar-refractivity contribution is 7.12. The predicted molar refractivity (Wildman–Crippen MR) is 84.4 cm³/mol. The number of rotatable bonds is 6. The van der Waals surface area contributed by atoms with Crippen molar-refractivity contribution >= 4 is 28.6 Å². The molecule has 2 aromatic rings. The van der Waals surface area contributed by atoms with Gasteiger partial charge in [-0.25, -0.2) is 0 Å². The molecule has 0 spiro atoms. The summed E-state index contributed by atoms with van der Waals surface area (Å²) in [5.74, 6) is -0.184. The molecule has 5 heteroatoms. The average Bonchev–Trinajstić information content (AvgIpc) is 2.97. The molecule has 2 heterocycles.